The average molecular weight is 238 g/mol. The molecule has 0 spiro atoms. The van der Waals surface area contributed by atoms with Crippen molar-refractivity contribution < 1.29 is 9.53 Å². The van der Waals surface area contributed by atoms with Gasteiger partial charge in [0.25, 0.3) is 5.91 Å². The van der Waals surface area contributed by atoms with Gasteiger partial charge in [-0.25, -0.2) is 0 Å². The van der Waals surface area contributed by atoms with Crippen molar-refractivity contribution in [2.24, 2.45) is 5.73 Å². The number of hydrogen-bond acceptors (Lipinski definition) is 4. The summed E-state index contributed by atoms with van der Waals surface area (Å²) in [6.45, 7) is 4.38. The number of aryl methyl sites for hydroxylation is 1. The van der Waals surface area contributed by atoms with Gasteiger partial charge in [0.2, 0.25) is 0 Å². The largest absolute Gasteiger partial charge is 0.376 e. The summed E-state index contributed by atoms with van der Waals surface area (Å²) >= 11 is 0. The molecule has 1 aliphatic carbocycles. The maximum Gasteiger partial charge on any atom is 0.255 e. The van der Waals surface area contributed by atoms with Gasteiger partial charge in [0, 0.05) is 18.3 Å². The number of H-pyrrole nitrogens is 1. The first kappa shape index (κ1) is 12.1. The van der Waals surface area contributed by atoms with Gasteiger partial charge in [0.05, 0.1) is 23.9 Å². The highest BCUT2D eigenvalue weighted by Gasteiger charge is 2.40. The number of rotatable bonds is 4. The minimum atomic E-state index is -0.152. The van der Waals surface area contributed by atoms with E-state index in [1.54, 1.807) is 0 Å². The summed E-state index contributed by atoms with van der Waals surface area (Å²) in [4.78, 5) is 11.9. The number of nitrogens with zero attached hydrogens (tertiary/aromatic N) is 1. The highest BCUT2D eigenvalue weighted by Crippen LogP contribution is 2.23. The fraction of sp³-hybridized carbons (Fsp3) is 0.636. The summed E-state index contributed by atoms with van der Waals surface area (Å²) in [6, 6.07) is -0.126. The van der Waals surface area contributed by atoms with Crippen LogP contribution in [0.1, 0.15) is 29.4 Å². The predicted molar refractivity (Wildman–Crippen MR) is 62.6 cm³/mol. The minimum Gasteiger partial charge on any atom is -0.376 e. The first-order valence-corrected chi connectivity index (χ1v) is 5.81. The van der Waals surface area contributed by atoms with Crippen LogP contribution >= 0.6 is 0 Å². The number of carbonyl (C=O) groups excluding carboxylic acids is 1. The molecule has 1 aliphatic rings. The number of nitrogens with two attached hydrogens (primary N) is 1. The predicted octanol–water partition coefficient (Wildman–Crippen LogP) is -0.0474. The van der Waals surface area contributed by atoms with E-state index in [1.165, 1.54) is 6.20 Å². The third kappa shape index (κ3) is 2.32. The van der Waals surface area contributed by atoms with Crippen molar-refractivity contribution in [2.45, 2.75) is 38.5 Å². The first-order valence-electron chi connectivity index (χ1n) is 5.81. The molecule has 6 heteroatoms. The van der Waals surface area contributed by atoms with Crippen molar-refractivity contribution in [3.05, 3.63) is 17.5 Å². The standard InChI is InChI=1S/C11H18N4O2/c1-3-17-9-4-8(12)10(9)14-11(16)7-5-13-15-6(7)2/h5,8-10H,3-4,12H2,1-2H3,(H,13,15)(H,14,16). The molecule has 0 radical (unpaired) electrons. The lowest BCUT2D eigenvalue weighted by Gasteiger charge is -2.42. The van der Waals surface area contributed by atoms with Crippen LogP contribution in [0.4, 0.5) is 0 Å². The summed E-state index contributed by atoms with van der Waals surface area (Å²) in [5.41, 5.74) is 7.17. The molecule has 1 heterocycles. The van der Waals surface area contributed by atoms with Gasteiger partial charge in [-0.2, -0.15) is 5.10 Å². The number of amides is 1. The van der Waals surface area contributed by atoms with E-state index >= 15 is 0 Å². The minimum absolute atomic E-state index is 0.0253. The van der Waals surface area contributed by atoms with Crippen molar-refractivity contribution in [3.63, 3.8) is 0 Å². The molecule has 1 amide bonds. The van der Waals surface area contributed by atoms with Gasteiger partial charge >= 0.3 is 0 Å². The molecule has 1 fully saturated rings. The van der Waals surface area contributed by atoms with Crippen LogP contribution in [0, 0.1) is 6.92 Å². The molecule has 3 atom stereocenters. The van der Waals surface area contributed by atoms with Crippen molar-refractivity contribution in [1.82, 2.24) is 15.5 Å². The maximum atomic E-state index is 11.9. The van der Waals surface area contributed by atoms with Gasteiger partial charge in [-0.1, -0.05) is 0 Å². The Kier molecular flexibility index (Phi) is 3.44. The van der Waals surface area contributed by atoms with Gasteiger partial charge < -0.3 is 15.8 Å². The topological polar surface area (TPSA) is 93.0 Å². The summed E-state index contributed by atoms with van der Waals surface area (Å²) in [5, 5.41) is 9.45. The second-order valence-corrected chi connectivity index (χ2v) is 4.30. The van der Waals surface area contributed by atoms with Gasteiger partial charge in [-0.05, 0) is 20.3 Å². The molecule has 1 saturated carbocycles. The number of carbonyl (C=O) groups is 1. The van der Waals surface area contributed by atoms with Crippen LogP contribution in [0.2, 0.25) is 0 Å². The number of hydrogen-bond donors (Lipinski definition) is 3. The quantitative estimate of drug-likeness (QED) is 0.685. The Morgan fingerprint density at radius 1 is 1.76 bits per heavy atom. The zero-order chi connectivity index (χ0) is 12.4. The average Bonchev–Trinajstić information content (AvgIpc) is 2.72. The van der Waals surface area contributed by atoms with E-state index in [2.05, 4.69) is 15.5 Å². The fourth-order valence-corrected chi connectivity index (χ4v) is 2.04. The molecule has 3 unspecified atom stereocenters. The van der Waals surface area contributed by atoms with Gasteiger partial charge in [0.15, 0.2) is 0 Å². The van der Waals surface area contributed by atoms with Gasteiger partial charge in [-0.3, -0.25) is 9.89 Å². The fourth-order valence-electron chi connectivity index (χ4n) is 2.04. The van der Waals surface area contributed by atoms with Gasteiger partial charge in [0.1, 0.15) is 0 Å². The molecule has 4 N–H and O–H groups in total. The monoisotopic (exact) mass is 238 g/mol. The van der Waals surface area contributed by atoms with Crippen LogP contribution < -0.4 is 11.1 Å². The number of aromatic nitrogens is 2. The SMILES string of the molecule is CCOC1CC(N)C1NC(=O)c1cn[nH]c1C. The normalized spacial score (nSPS) is 27.6. The zero-order valence-corrected chi connectivity index (χ0v) is 10.1. The number of ether oxygens (including phenoxy) is 1. The van der Waals surface area contributed by atoms with Crippen LogP contribution in [0.5, 0.6) is 0 Å². The smallest absolute Gasteiger partial charge is 0.255 e. The van der Waals surface area contributed by atoms with Crippen LogP contribution in [-0.2, 0) is 4.74 Å². The molecule has 17 heavy (non-hydrogen) atoms. The second-order valence-electron chi connectivity index (χ2n) is 4.30. The second kappa shape index (κ2) is 4.85. The van der Waals surface area contributed by atoms with E-state index in [0.29, 0.717) is 12.2 Å². The van der Waals surface area contributed by atoms with Crippen LogP contribution in [0.15, 0.2) is 6.20 Å². The van der Waals surface area contributed by atoms with Crippen LogP contribution in [0.3, 0.4) is 0 Å². The molecular weight excluding hydrogens is 220 g/mol. The molecule has 1 aromatic rings. The number of aromatic amines is 1. The molecule has 0 bridgehead atoms. The van der Waals surface area contributed by atoms with Crippen molar-refractivity contribution in [1.29, 1.82) is 0 Å². The highest BCUT2D eigenvalue weighted by molar-refractivity contribution is 5.95. The molecule has 0 aliphatic heterocycles. The molecular formula is C11H18N4O2. The molecule has 1 aromatic heterocycles. The summed E-state index contributed by atoms with van der Waals surface area (Å²) in [6.07, 6.45) is 2.35. The third-order valence-corrected chi connectivity index (χ3v) is 3.12. The molecule has 2 rings (SSSR count). The third-order valence-electron chi connectivity index (χ3n) is 3.12. The van der Waals surface area contributed by atoms with E-state index in [4.69, 9.17) is 10.5 Å². The Morgan fingerprint density at radius 2 is 2.53 bits per heavy atom. The van der Waals surface area contributed by atoms with Crippen molar-refractivity contribution in [3.8, 4) is 0 Å². The first-order chi connectivity index (χ1) is 8.13. The number of nitrogens with one attached hydrogen (secondary N) is 2. The van der Waals surface area contributed by atoms with E-state index in [9.17, 15) is 4.79 Å². The Morgan fingerprint density at radius 3 is 3.06 bits per heavy atom. The Hall–Kier alpha value is -1.40. The highest BCUT2D eigenvalue weighted by atomic mass is 16.5. The maximum absolute atomic E-state index is 11.9. The van der Waals surface area contributed by atoms with E-state index in [0.717, 1.165) is 12.1 Å². The van der Waals surface area contributed by atoms with Crippen LogP contribution in [-0.4, -0.2) is 40.9 Å². The Bertz CT molecular complexity index is 402. The molecule has 0 aromatic carbocycles. The summed E-state index contributed by atoms with van der Waals surface area (Å²) in [7, 11) is 0. The van der Waals surface area contributed by atoms with E-state index in [1.807, 2.05) is 13.8 Å². The molecule has 0 saturated heterocycles. The molecule has 94 valence electrons. The van der Waals surface area contributed by atoms with E-state index < -0.39 is 0 Å². The lowest BCUT2D eigenvalue weighted by atomic mass is 9.83. The summed E-state index contributed by atoms with van der Waals surface area (Å²) < 4.78 is 5.49. The lowest BCUT2D eigenvalue weighted by molar-refractivity contribution is -0.0300. The lowest BCUT2D eigenvalue weighted by Crippen LogP contribution is -2.64. The van der Waals surface area contributed by atoms with Crippen molar-refractivity contribution in [2.75, 3.05) is 6.61 Å². The molecule has 6 nitrogen and oxygen atoms in total. The zero-order valence-electron chi connectivity index (χ0n) is 10.1. The summed E-state index contributed by atoms with van der Waals surface area (Å²) in [5.74, 6) is -0.152. The van der Waals surface area contributed by atoms with Crippen LogP contribution in [0.25, 0.3) is 0 Å². The van der Waals surface area contributed by atoms with Crippen molar-refractivity contribution >= 4 is 5.91 Å². The Balaban J connectivity index is 1.97. The Labute approximate surface area is 99.9 Å². The van der Waals surface area contributed by atoms with E-state index in [-0.39, 0.29) is 24.1 Å². The van der Waals surface area contributed by atoms with Gasteiger partial charge in [-0.15, -0.1) is 0 Å².